The molecular weight excluding hydrogens is 405 g/mol. The first-order valence-electron chi connectivity index (χ1n) is 9.55. The van der Waals surface area contributed by atoms with Gasteiger partial charge in [-0.2, -0.15) is 0 Å². The summed E-state index contributed by atoms with van der Waals surface area (Å²) in [6.07, 6.45) is 1.05. The largest absolute Gasteiger partial charge is 0.488 e. The summed E-state index contributed by atoms with van der Waals surface area (Å²) in [5, 5.41) is 19.7. The Kier molecular flexibility index (Phi) is 11.0. The number of rotatable bonds is 13. The fourth-order valence-corrected chi connectivity index (χ4v) is 4.91. The topological polar surface area (TPSA) is 40.5 Å². The maximum absolute atomic E-state index is 9.84. The molecule has 0 aliphatic carbocycles. The maximum Gasteiger partial charge on any atom is 0.488 e. The van der Waals surface area contributed by atoms with Gasteiger partial charge >= 0.3 is 7.12 Å². The Morgan fingerprint density at radius 3 is 1.81 bits per heavy atom. The first-order chi connectivity index (χ1) is 12.7. The Morgan fingerprint density at radius 2 is 1.37 bits per heavy atom. The van der Waals surface area contributed by atoms with E-state index < -0.39 is 7.12 Å². The van der Waals surface area contributed by atoms with Crippen LogP contribution < -0.4 is 5.46 Å². The van der Waals surface area contributed by atoms with Gasteiger partial charge in [-0.1, -0.05) is 19.1 Å². The molecular formula is C19H34BCl3N2O2+2. The average Bonchev–Trinajstić information content (AvgIpc) is 2.55. The normalized spacial score (nSPS) is 14.2. The van der Waals surface area contributed by atoms with Crippen LogP contribution in [0, 0.1) is 0 Å². The zero-order valence-electron chi connectivity index (χ0n) is 16.8. The van der Waals surface area contributed by atoms with Gasteiger partial charge in [-0.25, -0.2) is 0 Å². The van der Waals surface area contributed by atoms with Crippen LogP contribution in [0.2, 0.25) is 0 Å². The Bertz CT molecular complexity index is 564. The SMILES string of the molecule is CCC[N+](C)(CCCl)Cc1cc(C[N+](C)(CCCl)CCCl)ccc1B(O)O. The van der Waals surface area contributed by atoms with E-state index in [-0.39, 0.29) is 0 Å². The molecule has 0 spiro atoms. The third-order valence-electron chi connectivity index (χ3n) is 5.24. The van der Waals surface area contributed by atoms with Crippen molar-refractivity contribution < 1.29 is 19.0 Å². The average molecular weight is 440 g/mol. The molecule has 1 aromatic rings. The van der Waals surface area contributed by atoms with Gasteiger partial charge in [0.15, 0.2) is 0 Å². The summed E-state index contributed by atoms with van der Waals surface area (Å²) in [4.78, 5) is 0. The van der Waals surface area contributed by atoms with Crippen molar-refractivity contribution in [2.24, 2.45) is 0 Å². The molecule has 154 valence electrons. The number of alkyl halides is 3. The highest BCUT2D eigenvalue weighted by molar-refractivity contribution is 6.59. The van der Waals surface area contributed by atoms with E-state index in [2.05, 4.69) is 27.1 Å². The Hall–Kier alpha value is -0.00506. The zero-order chi connectivity index (χ0) is 20.5. The van der Waals surface area contributed by atoms with Crippen LogP contribution >= 0.6 is 34.8 Å². The van der Waals surface area contributed by atoms with Crippen LogP contribution in [0.15, 0.2) is 18.2 Å². The highest BCUT2D eigenvalue weighted by Gasteiger charge is 2.27. The summed E-state index contributed by atoms with van der Waals surface area (Å²) < 4.78 is 1.54. The van der Waals surface area contributed by atoms with Crippen LogP contribution in [0.3, 0.4) is 0 Å². The van der Waals surface area contributed by atoms with E-state index in [1.54, 1.807) is 0 Å². The van der Waals surface area contributed by atoms with Gasteiger partial charge in [0, 0.05) is 11.1 Å². The standard InChI is InChI=1S/C19H34BCl3N2O2/c1-4-10-24(2,11-7-21)16-18-14-17(5-6-19(18)20(26)27)15-25(3,12-8-22)13-9-23/h5-6,14,26-27H,4,7-13,15-16H2,1-3H3/q+2. The predicted octanol–water partition coefficient (Wildman–Crippen LogP) is 2.39. The number of benzene rings is 1. The molecule has 1 rings (SSSR count). The minimum atomic E-state index is -1.48. The molecule has 1 unspecified atom stereocenters. The lowest BCUT2D eigenvalue weighted by atomic mass is 9.76. The molecule has 0 bridgehead atoms. The first-order valence-corrected chi connectivity index (χ1v) is 11.2. The highest BCUT2D eigenvalue weighted by atomic mass is 35.5. The molecule has 0 aliphatic rings. The van der Waals surface area contributed by atoms with E-state index in [0.29, 0.717) is 23.1 Å². The third kappa shape index (κ3) is 8.10. The van der Waals surface area contributed by atoms with Gasteiger partial charge in [0.05, 0.1) is 57.9 Å². The third-order valence-corrected chi connectivity index (χ3v) is 5.75. The van der Waals surface area contributed by atoms with E-state index in [9.17, 15) is 10.0 Å². The summed E-state index contributed by atoms with van der Waals surface area (Å²) in [7, 11) is 2.85. The molecule has 2 N–H and O–H groups in total. The van der Waals surface area contributed by atoms with Crippen molar-refractivity contribution in [3.8, 4) is 0 Å². The molecule has 0 aromatic heterocycles. The second-order valence-corrected chi connectivity index (χ2v) is 9.06. The lowest BCUT2D eigenvalue weighted by molar-refractivity contribution is -0.920. The Balaban J connectivity index is 3.19. The molecule has 1 aromatic carbocycles. The van der Waals surface area contributed by atoms with Gasteiger partial charge in [0.25, 0.3) is 0 Å². The number of quaternary nitrogens is 2. The minimum absolute atomic E-state index is 0.567. The molecule has 0 saturated heterocycles. The van der Waals surface area contributed by atoms with E-state index in [4.69, 9.17) is 34.8 Å². The smallest absolute Gasteiger partial charge is 0.423 e. The van der Waals surface area contributed by atoms with Gasteiger partial charge in [-0.05, 0) is 17.9 Å². The molecule has 8 heteroatoms. The lowest BCUT2D eigenvalue weighted by Crippen LogP contribution is -2.48. The van der Waals surface area contributed by atoms with Crippen molar-refractivity contribution in [1.82, 2.24) is 0 Å². The van der Waals surface area contributed by atoms with Crippen molar-refractivity contribution in [3.05, 3.63) is 29.3 Å². The van der Waals surface area contributed by atoms with E-state index in [0.717, 1.165) is 65.8 Å². The van der Waals surface area contributed by atoms with Crippen LogP contribution in [-0.4, -0.2) is 84.0 Å². The van der Waals surface area contributed by atoms with Gasteiger partial charge in [0.2, 0.25) is 0 Å². The summed E-state index contributed by atoms with van der Waals surface area (Å²) in [5.41, 5.74) is 2.69. The number of hydrogen-bond acceptors (Lipinski definition) is 2. The van der Waals surface area contributed by atoms with Gasteiger partial charge in [0.1, 0.15) is 13.1 Å². The molecule has 0 fully saturated rings. The summed E-state index contributed by atoms with van der Waals surface area (Å²) in [5.74, 6) is 1.73. The monoisotopic (exact) mass is 438 g/mol. The van der Waals surface area contributed by atoms with Crippen molar-refractivity contribution in [1.29, 1.82) is 0 Å². The number of halogens is 3. The minimum Gasteiger partial charge on any atom is -0.423 e. The maximum atomic E-state index is 9.84. The Labute approximate surface area is 180 Å². The quantitative estimate of drug-likeness (QED) is 0.281. The molecule has 0 aliphatic heterocycles. The van der Waals surface area contributed by atoms with Crippen molar-refractivity contribution in [2.75, 3.05) is 57.9 Å². The molecule has 27 heavy (non-hydrogen) atoms. The van der Waals surface area contributed by atoms with Crippen LogP contribution in [0.25, 0.3) is 0 Å². The van der Waals surface area contributed by atoms with Crippen LogP contribution in [0.4, 0.5) is 0 Å². The second kappa shape index (κ2) is 11.9. The second-order valence-electron chi connectivity index (χ2n) is 7.92. The molecule has 0 amide bonds. The van der Waals surface area contributed by atoms with E-state index >= 15 is 0 Å². The summed E-state index contributed by atoms with van der Waals surface area (Å²) in [6.45, 7) is 7.19. The molecule has 4 nitrogen and oxygen atoms in total. The Morgan fingerprint density at radius 1 is 0.852 bits per heavy atom. The van der Waals surface area contributed by atoms with Crippen LogP contribution in [0.5, 0.6) is 0 Å². The van der Waals surface area contributed by atoms with Gasteiger partial charge in [-0.3, -0.25) is 0 Å². The summed E-state index contributed by atoms with van der Waals surface area (Å²) in [6, 6.07) is 5.91. The van der Waals surface area contributed by atoms with Crippen LogP contribution in [0.1, 0.15) is 24.5 Å². The zero-order valence-corrected chi connectivity index (χ0v) is 19.1. The van der Waals surface area contributed by atoms with Crippen molar-refractivity contribution in [2.45, 2.75) is 26.4 Å². The fourth-order valence-electron chi connectivity index (χ4n) is 3.69. The number of hydrogen-bond donors (Lipinski definition) is 2. The molecule has 0 radical (unpaired) electrons. The fraction of sp³-hybridized carbons (Fsp3) is 0.684. The van der Waals surface area contributed by atoms with Crippen molar-refractivity contribution in [3.63, 3.8) is 0 Å². The lowest BCUT2D eigenvalue weighted by Gasteiger charge is -2.35. The first kappa shape index (κ1) is 25.0. The van der Waals surface area contributed by atoms with E-state index in [1.165, 1.54) is 0 Å². The van der Waals surface area contributed by atoms with Crippen LogP contribution in [-0.2, 0) is 13.1 Å². The predicted molar refractivity (Wildman–Crippen MR) is 118 cm³/mol. The molecule has 0 heterocycles. The summed E-state index contributed by atoms with van der Waals surface area (Å²) >= 11 is 18.0. The molecule has 0 saturated carbocycles. The number of nitrogens with zero attached hydrogens (tertiary/aromatic N) is 2. The van der Waals surface area contributed by atoms with Crippen molar-refractivity contribution >= 4 is 47.4 Å². The van der Waals surface area contributed by atoms with Gasteiger partial charge in [-0.15, -0.1) is 34.8 Å². The highest BCUT2D eigenvalue weighted by Crippen LogP contribution is 2.18. The van der Waals surface area contributed by atoms with Gasteiger partial charge < -0.3 is 19.0 Å². The van der Waals surface area contributed by atoms with E-state index in [1.807, 2.05) is 12.1 Å². The molecule has 1 atom stereocenters.